The van der Waals surface area contributed by atoms with Crippen LogP contribution >= 0.6 is 11.8 Å². The molecule has 1 aromatic carbocycles. The molecule has 1 aromatic rings. The van der Waals surface area contributed by atoms with Crippen LogP contribution in [0.5, 0.6) is 0 Å². The van der Waals surface area contributed by atoms with E-state index < -0.39 is 0 Å². The van der Waals surface area contributed by atoms with Gasteiger partial charge in [0.15, 0.2) is 0 Å². The molecule has 0 N–H and O–H groups in total. The van der Waals surface area contributed by atoms with Crippen LogP contribution in [0.25, 0.3) is 0 Å². The Bertz CT molecular complexity index is 310. The van der Waals surface area contributed by atoms with Crippen molar-refractivity contribution in [2.24, 2.45) is 0 Å². The molecule has 0 atom stereocenters. The minimum atomic E-state index is 0.599. The Kier molecular flexibility index (Phi) is 2.09. The number of benzene rings is 1. The summed E-state index contributed by atoms with van der Waals surface area (Å²) in [7, 11) is 0. The molecule has 3 rings (SSSR count). The fraction of sp³-hybridized carbons (Fsp3) is 0.538. The molecule has 0 saturated heterocycles. The molecule has 0 bridgehead atoms. The summed E-state index contributed by atoms with van der Waals surface area (Å²) in [6.07, 6.45) is 8.55. The van der Waals surface area contributed by atoms with E-state index in [0.717, 1.165) is 0 Å². The second kappa shape index (κ2) is 3.30. The van der Waals surface area contributed by atoms with Crippen LogP contribution in [0.2, 0.25) is 0 Å². The minimum absolute atomic E-state index is 0.599. The lowest BCUT2D eigenvalue weighted by atomic mass is 9.84. The third-order valence-corrected chi connectivity index (χ3v) is 5.18. The van der Waals surface area contributed by atoms with Crippen molar-refractivity contribution in [2.75, 3.05) is 0 Å². The fourth-order valence-electron chi connectivity index (χ4n) is 2.84. The highest BCUT2D eigenvalue weighted by atomic mass is 32.2. The Hall–Kier alpha value is -0.430. The molecule has 1 heteroatoms. The lowest BCUT2D eigenvalue weighted by Crippen LogP contribution is -2.26. The quantitative estimate of drug-likeness (QED) is 0.614. The van der Waals surface area contributed by atoms with E-state index in [-0.39, 0.29) is 0 Å². The summed E-state index contributed by atoms with van der Waals surface area (Å²) in [5, 5.41) is 0. The van der Waals surface area contributed by atoms with Gasteiger partial charge < -0.3 is 0 Å². The summed E-state index contributed by atoms with van der Waals surface area (Å²) >= 11 is 2.16. The molecule has 1 fully saturated rings. The van der Waals surface area contributed by atoms with Crippen LogP contribution in [0, 0.1) is 0 Å². The van der Waals surface area contributed by atoms with Gasteiger partial charge in [0.25, 0.3) is 0 Å². The summed E-state index contributed by atoms with van der Waals surface area (Å²) < 4.78 is 0.599. The van der Waals surface area contributed by atoms with Crippen LogP contribution in [-0.4, -0.2) is 4.75 Å². The third-order valence-electron chi connectivity index (χ3n) is 3.58. The molecule has 0 amide bonds. The van der Waals surface area contributed by atoms with Crippen LogP contribution in [0.4, 0.5) is 0 Å². The lowest BCUT2D eigenvalue weighted by molar-refractivity contribution is 0.400. The molecule has 1 heterocycles. The molecule has 1 spiro atoms. The molecule has 1 saturated carbocycles. The molecule has 0 aromatic heterocycles. The van der Waals surface area contributed by atoms with Crippen molar-refractivity contribution < 1.29 is 0 Å². The molecular weight excluding hydrogens is 188 g/mol. The average Bonchev–Trinajstić information content (AvgIpc) is 2.56. The highest BCUT2D eigenvalue weighted by molar-refractivity contribution is 8.01. The first-order chi connectivity index (χ1) is 6.88. The molecule has 1 aliphatic heterocycles. The van der Waals surface area contributed by atoms with Crippen LogP contribution in [-0.2, 0) is 6.42 Å². The van der Waals surface area contributed by atoms with Gasteiger partial charge in [-0.3, -0.25) is 0 Å². The fourth-order valence-corrected chi connectivity index (χ4v) is 4.45. The van der Waals surface area contributed by atoms with Gasteiger partial charge in [0.1, 0.15) is 0 Å². The van der Waals surface area contributed by atoms with E-state index in [1.807, 2.05) is 0 Å². The second-order valence-corrected chi connectivity index (χ2v) is 6.14. The molecule has 0 radical (unpaired) electrons. The monoisotopic (exact) mass is 204 g/mol. The summed E-state index contributed by atoms with van der Waals surface area (Å²) in [6, 6.07) is 8.96. The van der Waals surface area contributed by atoms with E-state index in [9.17, 15) is 0 Å². The van der Waals surface area contributed by atoms with E-state index in [1.54, 1.807) is 10.5 Å². The summed E-state index contributed by atoms with van der Waals surface area (Å²) in [5.41, 5.74) is 1.60. The number of hydrogen-bond acceptors (Lipinski definition) is 1. The van der Waals surface area contributed by atoms with Crippen molar-refractivity contribution in [3.8, 4) is 0 Å². The number of fused-ring (bicyclic) bond motifs is 1. The van der Waals surface area contributed by atoms with Crippen LogP contribution in [0.3, 0.4) is 0 Å². The van der Waals surface area contributed by atoms with Gasteiger partial charge in [-0.25, -0.2) is 0 Å². The van der Waals surface area contributed by atoms with Crippen LogP contribution in [0.15, 0.2) is 29.2 Å². The molecule has 1 aliphatic carbocycles. The lowest BCUT2D eigenvalue weighted by Gasteiger charge is -2.32. The first-order valence-corrected chi connectivity index (χ1v) is 6.47. The summed E-state index contributed by atoms with van der Waals surface area (Å²) in [5.74, 6) is 0. The Labute approximate surface area is 90.1 Å². The Morgan fingerprint density at radius 3 is 2.57 bits per heavy atom. The summed E-state index contributed by atoms with van der Waals surface area (Å²) in [4.78, 5) is 1.55. The molecule has 0 unspecified atom stereocenters. The number of rotatable bonds is 0. The predicted octanol–water partition coefficient (Wildman–Crippen LogP) is 4.04. The minimum Gasteiger partial charge on any atom is -0.119 e. The zero-order valence-electron chi connectivity index (χ0n) is 8.46. The van der Waals surface area contributed by atoms with Crippen molar-refractivity contribution >= 4 is 11.8 Å². The molecule has 74 valence electrons. The van der Waals surface area contributed by atoms with E-state index >= 15 is 0 Å². The summed E-state index contributed by atoms with van der Waals surface area (Å²) in [6.45, 7) is 0. The van der Waals surface area contributed by atoms with Crippen molar-refractivity contribution in [3.63, 3.8) is 0 Å². The average molecular weight is 204 g/mol. The second-order valence-electron chi connectivity index (χ2n) is 4.63. The molecular formula is C13H16S. The first kappa shape index (κ1) is 8.84. The van der Waals surface area contributed by atoms with E-state index in [4.69, 9.17) is 0 Å². The smallest absolute Gasteiger partial charge is 0.0248 e. The first-order valence-electron chi connectivity index (χ1n) is 5.65. The van der Waals surface area contributed by atoms with Gasteiger partial charge >= 0.3 is 0 Å². The SMILES string of the molecule is c1ccc2c(c1)CC1(CCCCC1)S2. The van der Waals surface area contributed by atoms with Crippen molar-refractivity contribution in [1.82, 2.24) is 0 Å². The highest BCUT2D eigenvalue weighted by Gasteiger charge is 2.38. The van der Waals surface area contributed by atoms with Crippen molar-refractivity contribution in [2.45, 2.75) is 48.2 Å². The maximum absolute atomic E-state index is 2.31. The molecule has 14 heavy (non-hydrogen) atoms. The normalized spacial score (nSPS) is 23.7. The predicted molar refractivity (Wildman–Crippen MR) is 61.8 cm³/mol. The third kappa shape index (κ3) is 1.38. The number of hydrogen-bond donors (Lipinski definition) is 0. The van der Waals surface area contributed by atoms with Gasteiger partial charge in [-0.2, -0.15) is 0 Å². The zero-order chi connectivity index (χ0) is 9.43. The van der Waals surface area contributed by atoms with Gasteiger partial charge in [0.05, 0.1) is 0 Å². The van der Waals surface area contributed by atoms with E-state index in [1.165, 1.54) is 38.5 Å². The maximum Gasteiger partial charge on any atom is 0.0248 e. The number of thioether (sulfide) groups is 1. The standard InChI is InChI=1S/C13H16S/c1-4-8-13(9-5-1)10-11-6-2-3-7-12(11)14-13/h2-3,6-7H,1,4-5,8-10H2. The van der Waals surface area contributed by atoms with E-state index in [0.29, 0.717) is 4.75 Å². The Morgan fingerprint density at radius 1 is 1.00 bits per heavy atom. The van der Waals surface area contributed by atoms with Crippen molar-refractivity contribution in [1.29, 1.82) is 0 Å². The maximum atomic E-state index is 2.31. The van der Waals surface area contributed by atoms with Gasteiger partial charge in [0, 0.05) is 9.64 Å². The van der Waals surface area contributed by atoms with E-state index in [2.05, 4.69) is 36.0 Å². The van der Waals surface area contributed by atoms with Gasteiger partial charge in [0.2, 0.25) is 0 Å². The molecule has 2 aliphatic rings. The van der Waals surface area contributed by atoms with Gasteiger partial charge in [-0.15, -0.1) is 11.8 Å². The Morgan fingerprint density at radius 2 is 1.79 bits per heavy atom. The van der Waals surface area contributed by atoms with Gasteiger partial charge in [-0.05, 0) is 30.9 Å². The largest absolute Gasteiger partial charge is 0.119 e. The van der Waals surface area contributed by atoms with Crippen LogP contribution in [0.1, 0.15) is 37.7 Å². The highest BCUT2D eigenvalue weighted by Crippen LogP contribution is 2.52. The van der Waals surface area contributed by atoms with Gasteiger partial charge in [-0.1, -0.05) is 37.5 Å². The zero-order valence-corrected chi connectivity index (χ0v) is 9.28. The topological polar surface area (TPSA) is 0 Å². The molecule has 0 nitrogen and oxygen atoms in total. The van der Waals surface area contributed by atoms with Crippen molar-refractivity contribution in [3.05, 3.63) is 29.8 Å². The van der Waals surface area contributed by atoms with Crippen LogP contribution < -0.4 is 0 Å². The Balaban J connectivity index is 1.89.